The highest BCUT2D eigenvalue weighted by atomic mass is 16.5. The number of nitrogens with one attached hydrogen (secondary N) is 1. The second-order valence-corrected chi connectivity index (χ2v) is 7.60. The molecule has 0 radical (unpaired) electrons. The van der Waals surface area contributed by atoms with Crippen LogP contribution in [0.25, 0.3) is 0 Å². The molecule has 5 heteroatoms. The van der Waals surface area contributed by atoms with E-state index in [1.165, 1.54) is 0 Å². The van der Waals surface area contributed by atoms with Gasteiger partial charge in [0.05, 0.1) is 6.10 Å². The standard InChI is InChI=1S/C15H28N2O3/c1-13(2,6-7-18)9-17-12(19)15(16)10-5-8-20-11(10)14(15,3)4/h10-11,18H,5-9,16H2,1-4H3,(H,17,19). The first-order chi connectivity index (χ1) is 9.17. The number of aliphatic hydroxyl groups excluding tert-OH is 1. The van der Waals surface area contributed by atoms with E-state index in [1.807, 2.05) is 27.7 Å². The summed E-state index contributed by atoms with van der Waals surface area (Å²) in [5.41, 5.74) is 5.17. The van der Waals surface area contributed by atoms with E-state index < -0.39 is 5.54 Å². The van der Waals surface area contributed by atoms with Gasteiger partial charge in [0.15, 0.2) is 0 Å². The van der Waals surface area contributed by atoms with Crippen molar-refractivity contribution >= 4 is 5.91 Å². The molecule has 1 saturated carbocycles. The van der Waals surface area contributed by atoms with Crippen LogP contribution < -0.4 is 11.1 Å². The van der Waals surface area contributed by atoms with Gasteiger partial charge in [0.2, 0.25) is 5.91 Å². The molecule has 0 bridgehead atoms. The Morgan fingerprint density at radius 1 is 1.50 bits per heavy atom. The van der Waals surface area contributed by atoms with Gasteiger partial charge >= 0.3 is 0 Å². The van der Waals surface area contributed by atoms with Crippen molar-refractivity contribution < 1.29 is 14.6 Å². The van der Waals surface area contributed by atoms with E-state index in [9.17, 15) is 4.79 Å². The molecule has 0 spiro atoms. The Hall–Kier alpha value is -0.650. The van der Waals surface area contributed by atoms with E-state index in [0.29, 0.717) is 19.6 Å². The lowest BCUT2D eigenvalue weighted by Crippen LogP contribution is -2.80. The summed E-state index contributed by atoms with van der Waals surface area (Å²) in [6.45, 7) is 9.43. The molecule has 1 heterocycles. The number of hydrogen-bond acceptors (Lipinski definition) is 4. The van der Waals surface area contributed by atoms with Crippen molar-refractivity contribution in [2.75, 3.05) is 19.8 Å². The number of nitrogens with two attached hydrogens (primary N) is 1. The van der Waals surface area contributed by atoms with Crippen molar-refractivity contribution in [3.05, 3.63) is 0 Å². The first-order valence-corrected chi connectivity index (χ1v) is 7.46. The SMILES string of the molecule is CC(C)(CCO)CNC(=O)C1(N)C2CCOC2C1(C)C. The minimum atomic E-state index is -0.844. The number of ether oxygens (including phenoxy) is 1. The number of rotatable bonds is 5. The Balaban J connectivity index is 2.02. The summed E-state index contributed by atoms with van der Waals surface area (Å²) in [5, 5.41) is 12.0. The van der Waals surface area contributed by atoms with E-state index in [4.69, 9.17) is 15.6 Å². The van der Waals surface area contributed by atoms with Gasteiger partial charge in [-0.2, -0.15) is 0 Å². The van der Waals surface area contributed by atoms with Crippen LogP contribution in [0.1, 0.15) is 40.5 Å². The molecule has 1 aliphatic carbocycles. The van der Waals surface area contributed by atoms with Crippen LogP contribution in [0.4, 0.5) is 0 Å². The maximum Gasteiger partial charge on any atom is 0.241 e. The minimum absolute atomic E-state index is 0.0831. The Morgan fingerprint density at radius 2 is 2.15 bits per heavy atom. The Kier molecular flexibility index (Phi) is 3.91. The van der Waals surface area contributed by atoms with E-state index in [0.717, 1.165) is 6.42 Å². The van der Waals surface area contributed by atoms with Gasteiger partial charge in [-0.15, -0.1) is 0 Å². The molecule has 1 amide bonds. The summed E-state index contributed by atoms with van der Waals surface area (Å²) >= 11 is 0. The van der Waals surface area contributed by atoms with Crippen molar-refractivity contribution in [2.24, 2.45) is 22.5 Å². The lowest BCUT2D eigenvalue weighted by molar-refractivity contribution is -0.175. The van der Waals surface area contributed by atoms with E-state index >= 15 is 0 Å². The average molecular weight is 284 g/mol. The molecule has 4 N–H and O–H groups in total. The second-order valence-electron chi connectivity index (χ2n) is 7.60. The van der Waals surface area contributed by atoms with Gasteiger partial charge < -0.3 is 20.9 Å². The first kappa shape index (κ1) is 15.7. The maximum atomic E-state index is 12.6. The van der Waals surface area contributed by atoms with Crippen LogP contribution in [0.3, 0.4) is 0 Å². The summed E-state index contributed by atoms with van der Waals surface area (Å²) in [6, 6.07) is 0. The number of aliphatic hydroxyl groups is 1. The molecule has 1 saturated heterocycles. The molecule has 0 aromatic heterocycles. The van der Waals surface area contributed by atoms with Gasteiger partial charge in [0.25, 0.3) is 0 Å². The highest BCUT2D eigenvalue weighted by Crippen LogP contribution is 2.58. The monoisotopic (exact) mass is 284 g/mol. The second kappa shape index (κ2) is 4.97. The molecule has 2 fully saturated rings. The quantitative estimate of drug-likeness (QED) is 0.692. The number of carbonyl (C=O) groups excluding carboxylic acids is 1. The molecule has 116 valence electrons. The molecular weight excluding hydrogens is 256 g/mol. The predicted molar refractivity (Wildman–Crippen MR) is 77.0 cm³/mol. The third kappa shape index (κ3) is 2.16. The third-order valence-corrected chi connectivity index (χ3v) is 5.35. The largest absolute Gasteiger partial charge is 0.396 e. The van der Waals surface area contributed by atoms with Crippen molar-refractivity contribution in [2.45, 2.75) is 52.2 Å². The number of amides is 1. The van der Waals surface area contributed by atoms with Crippen molar-refractivity contribution in [1.29, 1.82) is 0 Å². The zero-order valence-corrected chi connectivity index (χ0v) is 13.0. The molecule has 0 aromatic carbocycles. The molecule has 2 rings (SSSR count). The van der Waals surface area contributed by atoms with Gasteiger partial charge in [-0.05, 0) is 18.3 Å². The third-order valence-electron chi connectivity index (χ3n) is 5.35. The van der Waals surface area contributed by atoms with Crippen LogP contribution in [0.5, 0.6) is 0 Å². The van der Waals surface area contributed by atoms with Crippen LogP contribution in [-0.2, 0) is 9.53 Å². The molecular formula is C15H28N2O3. The average Bonchev–Trinajstić information content (AvgIpc) is 2.83. The van der Waals surface area contributed by atoms with E-state index in [-0.39, 0.29) is 35.4 Å². The Morgan fingerprint density at radius 3 is 2.75 bits per heavy atom. The number of fused-ring (bicyclic) bond motifs is 1. The van der Waals surface area contributed by atoms with Gasteiger partial charge in [-0.1, -0.05) is 27.7 Å². The fourth-order valence-corrected chi connectivity index (χ4v) is 3.70. The molecule has 5 nitrogen and oxygen atoms in total. The molecule has 3 unspecified atom stereocenters. The van der Waals surface area contributed by atoms with Crippen molar-refractivity contribution in [3.8, 4) is 0 Å². The fourth-order valence-electron chi connectivity index (χ4n) is 3.70. The lowest BCUT2D eigenvalue weighted by atomic mass is 9.48. The van der Waals surface area contributed by atoms with Crippen LogP contribution in [0.2, 0.25) is 0 Å². The van der Waals surface area contributed by atoms with Gasteiger partial charge in [-0.25, -0.2) is 0 Å². The lowest BCUT2D eigenvalue weighted by Gasteiger charge is -2.60. The summed E-state index contributed by atoms with van der Waals surface area (Å²) < 4.78 is 5.70. The molecule has 1 aliphatic heterocycles. The summed E-state index contributed by atoms with van der Waals surface area (Å²) in [7, 11) is 0. The highest BCUT2D eigenvalue weighted by molar-refractivity contribution is 5.89. The van der Waals surface area contributed by atoms with Crippen molar-refractivity contribution in [1.82, 2.24) is 5.32 Å². The smallest absolute Gasteiger partial charge is 0.241 e. The summed E-state index contributed by atoms with van der Waals surface area (Å²) in [6.07, 6.45) is 1.62. The minimum Gasteiger partial charge on any atom is -0.396 e. The normalized spacial score (nSPS) is 35.3. The number of hydrogen-bond donors (Lipinski definition) is 3. The topological polar surface area (TPSA) is 84.6 Å². The van der Waals surface area contributed by atoms with Gasteiger partial charge in [0, 0.05) is 31.1 Å². The molecule has 3 atom stereocenters. The first-order valence-electron chi connectivity index (χ1n) is 7.46. The van der Waals surface area contributed by atoms with Crippen LogP contribution in [0, 0.1) is 16.7 Å². The van der Waals surface area contributed by atoms with E-state index in [1.54, 1.807) is 0 Å². The zero-order chi connectivity index (χ0) is 15.2. The molecule has 20 heavy (non-hydrogen) atoms. The maximum absolute atomic E-state index is 12.6. The van der Waals surface area contributed by atoms with Crippen LogP contribution in [0.15, 0.2) is 0 Å². The molecule has 0 aromatic rings. The summed E-state index contributed by atoms with van der Waals surface area (Å²) in [5.74, 6) is 0.0405. The highest BCUT2D eigenvalue weighted by Gasteiger charge is 2.71. The van der Waals surface area contributed by atoms with Crippen LogP contribution in [-0.4, -0.2) is 42.4 Å². The Bertz CT molecular complexity index is 395. The van der Waals surface area contributed by atoms with Crippen LogP contribution >= 0.6 is 0 Å². The summed E-state index contributed by atoms with van der Waals surface area (Å²) in [4.78, 5) is 12.6. The van der Waals surface area contributed by atoms with Gasteiger partial charge in [0.1, 0.15) is 5.54 Å². The van der Waals surface area contributed by atoms with Gasteiger partial charge in [-0.3, -0.25) is 4.79 Å². The van der Waals surface area contributed by atoms with Crippen molar-refractivity contribution in [3.63, 3.8) is 0 Å². The number of carbonyl (C=O) groups is 1. The molecule has 2 aliphatic rings. The van der Waals surface area contributed by atoms with E-state index in [2.05, 4.69) is 5.32 Å². The fraction of sp³-hybridized carbons (Fsp3) is 0.933. The predicted octanol–water partition coefficient (Wildman–Crippen LogP) is 0.654. The Labute approximate surface area is 121 Å². The zero-order valence-electron chi connectivity index (χ0n) is 13.0.